The molecule has 1 N–H and O–H groups in total. The van der Waals surface area contributed by atoms with Gasteiger partial charge in [-0.25, -0.2) is 8.78 Å². The minimum Gasteiger partial charge on any atom is -0.387 e. The molecule has 1 rings (SSSR count). The highest BCUT2D eigenvalue weighted by Crippen LogP contribution is 2.25. The van der Waals surface area contributed by atoms with Crippen LogP contribution < -0.4 is 0 Å². The highest BCUT2D eigenvalue weighted by molar-refractivity contribution is 4.84. The van der Waals surface area contributed by atoms with Crippen LogP contribution in [0.3, 0.4) is 0 Å². The molecule has 0 amide bonds. The third-order valence-electron chi connectivity index (χ3n) is 1.75. The molecule has 1 aliphatic rings. The van der Waals surface area contributed by atoms with Gasteiger partial charge in [0.1, 0.15) is 6.10 Å². The van der Waals surface area contributed by atoms with Gasteiger partial charge < -0.3 is 10.0 Å². The van der Waals surface area contributed by atoms with E-state index in [-0.39, 0.29) is 13.0 Å². The first kappa shape index (κ1) is 7.88. The highest BCUT2D eigenvalue weighted by Gasteiger charge is 2.42. The fourth-order valence-corrected chi connectivity index (χ4v) is 1.10. The molecule has 0 aliphatic carbocycles. The average molecular weight is 151 g/mol. The lowest BCUT2D eigenvalue weighted by Gasteiger charge is -2.33. The summed E-state index contributed by atoms with van der Waals surface area (Å²) in [5, 5.41) is 8.78. The second kappa shape index (κ2) is 2.43. The molecular formula is C6H11F2NO. The van der Waals surface area contributed by atoms with E-state index in [1.54, 1.807) is 7.05 Å². The summed E-state index contributed by atoms with van der Waals surface area (Å²) in [6.45, 7) is 0.227. The SMILES string of the molecule is CN1CC[C@@H](O)C(F)(F)C1. The molecule has 0 bridgehead atoms. The van der Waals surface area contributed by atoms with Crippen molar-refractivity contribution in [3.05, 3.63) is 0 Å². The van der Waals surface area contributed by atoms with Crippen LogP contribution in [0.15, 0.2) is 0 Å². The first-order chi connectivity index (χ1) is 4.52. The molecule has 1 aliphatic heterocycles. The Balaban J connectivity index is 2.55. The lowest BCUT2D eigenvalue weighted by Crippen LogP contribution is -2.49. The summed E-state index contributed by atoms with van der Waals surface area (Å²) < 4.78 is 25.1. The van der Waals surface area contributed by atoms with Crippen LogP contribution >= 0.6 is 0 Å². The molecule has 2 nitrogen and oxygen atoms in total. The van der Waals surface area contributed by atoms with Crippen molar-refractivity contribution >= 4 is 0 Å². The quantitative estimate of drug-likeness (QED) is 0.539. The van der Waals surface area contributed by atoms with Gasteiger partial charge in [-0.2, -0.15) is 0 Å². The van der Waals surface area contributed by atoms with Crippen LogP contribution in [0, 0.1) is 0 Å². The number of aliphatic hydroxyl groups is 1. The number of piperidine rings is 1. The summed E-state index contributed by atoms with van der Waals surface area (Å²) >= 11 is 0. The Hall–Kier alpha value is -0.220. The van der Waals surface area contributed by atoms with Gasteiger partial charge in [-0.1, -0.05) is 0 Å². The Labute approximate surface area is 58.4 Å². The second-order valence-electron chi connectivity index (χ2n) is 2.80. The van der Waals surface area contributed by atoms with Gasteiger partial charge in [-0.3, -0.25) is 0 Å². The van der Waals surface area contributed by atoms with Crippen molar-refractivity contribution in [3.63, 3.8) is 0 Å². The summed E-state index contributed by atoms with van der Waals surface area (Å²) in [7, 11) is 1.62. The van der Waals surface area contributed by atoms with E-state index in [0.717, 1.165) is 0 Å². The van der Waals surface area contributed by atoms with Crippen molar-refractivity contribution in [1.29, 1.82) is 0 Å². The standard InChI is InChI=1S/C6H11F2NO/c1-9-3-2-5(10)6(7,8)4-9/h5,10H,2-4H2,1H3/t5-/m1/s1. The number of rotatable bonds is 0. The number of alkyl halides is 2. The van der Waals surface area contributed by atoms with Crippen molar-refractivity contribution in [2.24, 2.45) is 0 Å². The second-order valence-corrected chi connectivity index (χ2v) is 2.80. The number of aliphatic hydroxyl groups excluding tert-OH is 1. The predicted octanol–water partition coefficient (Wildman–Crippen LogP) is 0.318. The van der Waals surface area contributed by atoms with Crippen LogP contribution in [0.4, 0.5) is 8.78 Å². The predicted molar refractivity (Wildman–Crippen MR) is 33.1 cm³/mol. The van der Waals surface area contributed by atoms with Gasteiger partial charge in [0.2, 0.25) is 0 Å². The first-order valence-corrected chi connectivity index (χ1v) is 3.27. The summed E-state index contributed by atoms with van der Waals surface area (Å²) in [5.41, 5.74) is 0. The van der Waals surface area contributed by atoms with Crippen LogP contribution in [0.1, 0.15) is 6.42 Å². The number of likely N-dealkylation sites (tertiary alicyclic amines) is 1. The van der Waals surface area contributed by atoms with Gasteiger partial charge in [0.05, 0.1) is 6.54 Å². The Morgan fingerprint density at radius 2 is 2.20 bits per heavy atom. The number of hydrogen-bond donors (Lipinski definition) is 1. The lowest BCUT2D eigenvalue weighted by atomic mass is 10.1. The molecule has 0 aromatic carbocycles. The minimum atomic E-state index is -2.91. The maximum Gasteiger partial charge on any atom is 0.285 e. The Kier molecular flexibility index (Phi) is 1.92. The molecule has 4 heteroatoms. The van der Waals surface area contributed by atoms with Gasteiger partial charge in [-0.05, 0) is 13.5 Å². The Bertz CT molecular complexity index is 129. The molecule has 1 atom stereocenters. The van der Waals surface area contributed by atoms with E-state index in [2.05, 4.69) is 0 Å². The maximum atomic E-state index is 12.6. The number of hydrogen-bond acceptors (Lipinski definition) is 2. The molecule has 1 fully saturated rings. The molecule has 0 radical (unpaired) electrons. The number of nitrogens with zero attached hydrogens (tertiary/aromatic N) is 1. The van der Waals surface area contributed by atoms with E-state index in [4.69, 9.17) is 5.11 Å². The normalized spacial score (nSPS) is 34.2. The molecule has 1 heterocycles. The Morgan fingerprint density at radius 1 is 1.60 bits per heavy atom. The van der Waals surface area contributed by atoms with Gasteiger partial charge in [0.25, 0.3) is 5.92 Å². The Morgan fingerprint density at radius 3 is 2.60 bits per heavy atom. The third-order valence-corrected chi connectivity index (χ3v) is 1.75. The number of halogens is 2. The maximum absolute atomic E-state index is 12.6. The molecule has 0 aromatic rings. The molecule has 1 saturated heterocycles. The molecule has 60 valence electrons. The fourth-order valence-electron chi connectivity index (χ4n) is 1.10. The molecule has 0 unspecified atom stereocenters. The average Bonchev–Trinajstić information content (AvgIpc) is 1.78. The van der Waals surface area contributed by atoms with E-state index in [1.807, 2.05) is 0 Å². The monoisotopic (exact) mass is 151 g/mol. The van der Waals surface area contributed by atoms with Crippen molar-refractivity contribution in [2.45, 2.75) is 18.4 Å². The smallest absolute Gasteiger partial charge is 0.285 e. The molecular weight excluding hydrogens is 140 g/mol. The van der Waals surface area contributed by atoms with E-state index in [0.29, 0.717) is 6.54 Å². The minimum absolute atomic E-state index is 0.170. The van der Waals surface area contributed by atoms with Crippen LogP contribution in [0.2, 0.25) is 0 Å². The molecule has 0 saturated carbocycles. The van der Waals surface area contributed by atoms with Crippen molar-refractivity contribution < 1.29 is 13.9 Å². The van der Waals surface area contributed by atoms with E-state index in [9.17, 15) is 8.78 Å². The zero-order valence-corrected chi connectivity index (χ0v) is 5.85. The largest absolute Gasteiger partial charge is 0.387 e. The lowest BCUT2D eigenvalue weighted by molar-refractivity contribution is -0.145. The topological polar surface area (TPSA) is 23.5 Å². The van der Waals surface area contributed by atoms with Crippen LogP contribution in [0.5, 0.6) is 0 Å². The zero-order valence-electron chi connectivity index (χ0n) is 5.85. The fraction of sp³-hybridized carbons (Fsp3) is 1.00. The summed E-state index contributed by atoms with van der Waals surface area (Å²) in [4.78, 5) is 1.52. The van der Waals surface area contributed by atoms with Crippen LogP contribution in [-0.4, -0.2) is 42.2 Å². The third kappa shape index (κ3) is 1.44. The molecule has 0 spiro atoms. The van der Waals surface area contributed by atoms with E-state index in [1.165, 1.54) is 4.90 Å². The van der Waals surface area contributed by atoms with Gasteiger partial charge in [0, 0.05) is 6.54 Å². The van der Waals surface area contributed by atoms with Gasteiger partial charge in [-0.15, -0.1) is 0 Å². The van der Waals surface area contributed by atoms with Gasteiger partial charge >= 0.3 is 0 Å². The first-order valence-electron chi connectivity index (χ1n) is 3.27. The van der Waals surface area contributed by atoms with E-state index < -0.39 is 12.0 Å². The summed E-state index contributed by atoms with van der Waals surface area (Å²) in [5.74, 6) is -2.91. The summed E-state index contributed by atoms with van der Waals surface area (Å²) in [6.07, 6.45) is -1.27. The van der Waals surface area contributed by atoms with Crippen molar-refractivity contribution in [1.82, 2.24) is 4.90 Å². The van der Waals surface area contributed by atoms with Crippen molar-refractivity contribution in [2.75, 3.05) is 20.1 Å². The molecule has 0 aromatic heterocycles. The van der Waals surface area contributed by atoms with Crippen molar-refractivity contribution in [3.8, 4) is 0 Å². The molecule has 10 heavy (non-hydrogen) atoms. The zero-order chi connectivity index (χ0) is 7.78. The summed E-state index contributed by atoms with van der Waals surface area (Å²) in [6, 6.07) is 0. The highest BCUT2D eigenvalue weighted by atomic mass is 19.3. The van der Waals surface area contributed by atoms with E-state index >= 15 is 0 Å². The van der Waals surface area contributed by atoms with Gasteiger partial charge in [0.15, 0.2) is 0 Å². The van der Waals surface area contributed by atoms with Crippen LogP contribution in [-0.2, 0) is 0 Å². The van der Waals surface area contributed by atoms with Crippen LogP contribution in [0.25, 0.3) is 0 Å².